The number of carbonyl (C=O) groups excluding carboxylic acids is 1. The first-order chi connectivity index (χ1) is 15.7. The summed E-state index contributed by atoms with van der Waals surface area (Å²) in [4.78, 5) is 13.8. The normalized spacial score (nSPS) is 46.7. The Hall–Kier alpha value is -1.39. The van der Waals surface area contributed by atoms with Crippen LogP contribution >= 0.6 is 0 Å². The zero-order valence-corrected chi connectivity index (χ0v) is 22.3. The van der Waals surface area contributed by atoms with Crippen molar-refractivity contribution >= 4 is 5.97 Å². The first-order valence-corrected chi connectivity index (χ1v) is 13.4. The van der Waals surface area contributed by atoms with Gasteiger partial charge in [0.15, 0.2) is 0 Å². The van der Waals surface area contributed by atoms with Crippen LogP contribution in [0.1, 0.15) is 106 Å². The van der Waals surface area contributed by atoms with E-state index in [0.29, 0.717) is 19.3 Å². The highest BCUT2D eigenvalue weighted by Crippen LogP contribution is 2.76. The minimum atomic E-state index is -1.15. The number of allylic oxidation sites excluding steroid dienone is 5. The van der Waals surface area contributed by atoms with Crippen LogP contribution in [0.4, 0.5) is 0 Å². The molecule has 34 heavy (non-hydrogen) atoms. The van der Waals surface area contributed by atoms with E-state index in [2.05, 4.69) is 53.7 Å². The predicted octanol–water partition coefficient (Wildman–Crippen LogP) is 6.17. The second-order valence-corrected chi connectivity index (χ2v) is 13.4. The second kappa shape index (κ2) is 7.09. The van der Waals surface area contributed by atoms with Gasteiger partial charge in [-0.2, -0.15) is 0 Å². The van der Waals surface area contributed by atoms with Crippen molar-refractivity contribution < 1.29 is 19.7 Å². The number of ether oxygens (including phenoxy) is 1. The first-order valence-electron chi connectivity index (χ1n) is 13.4. The van der Waals surface area contributed by atoms with E-state index in [-0.39, 0.29) is 22.9 Å². The van der Waals surface area contributed by atoms with Gasteiger partial charge in [-0.3, -0.25) is 4.79 Å². The van der Waals surface area contributed by atoms with Crippen LogP contribution < -0.4 is 0 Å². The molecule has 0 radical (unpaired) electrons. The molecule has 4 nitrogen and oxygen atoms in total. The second-order valence-electron chi connectivity index (χ2n) is 13.4. The molecule has 1 aliphatic heterocycles. The summed E-state index contributed by atoms with van der Waals surface area (Å²) in [7, 11) is 0. The summed E-state index contributed by atoms with van der Waals surface area (Å²) in [6.45, 7) is 15.1. The first kappa shape index (κ1) is 24.3. The number of rotatable bonds is 3. The quantitative estimate of drug-likeness (QED) is 0.384. The van der Waals surface area contributed by atoms with Gasteiger partial charge < -0.3 is 14.9 Å². The van der Waals surface area contributed by atoms with Gasteiger partial charge in [0.1, 0.15) is 16.6 Å². The Labute approximate surface area is 205 Å². The van der Waals surface area contributed by atoms with Gasteiger partial charge in [0, 0.05) is 16.2 Å². The van der Waals surface area contributed by atoms with Crippen molar-refractivity contribution in [1.29, 1.82) is 0 Å². The van der Waals surface area contributed by atoms with Crippen LogP contribution in [0.15, 0.2) is 34.4 Å². The van der Waals surface area contributed by atoms with Crippen molar-refractivity contribution in [1.82, 2.24) is 0 Å². The molecule has 0 bridgehead atoms. The van der Waals surface area contributed by atoms with E-state index < -0.39 is 22.0 Å². The van der Waals surface area contributed by atoms with Crippen LogP contribution in [0.3, 0.4) is 0 Å². The van der Waals surface area contributed by atoms with Crippen LogP contribution in [0.5, 0.6) is 0 Å². The third kappa shape index (κ3) is 2.60. The molecule has 0 aromatic heterocycles. The number of aliphatic hydroxyl groups is 2. The Bertz CT molecular complexity index is 1030. The molecule has 5 rings (SSSR count). The summed E-state index contributed by atoms with van der Waals surface area (Å²) < 4.78 is 6.20. The number of hydrogen-bond donors (Lipinski definition) is 2. The van der Waals surface area contributed by atoms with Gasteiger partial charge in [0.2, 0.25) is 0 Å². The Morgan fingerprint density at radius 2 is 1.79 bits per heavy atom. The Balaban J connectivity index is 1.58. The van der Waals surface area contributed by atoms with Gasteiger partial charge in [-0.25, -0.2) is 0 Å². The molecule has 1 saturated heterocycles. The van der Waals surface area contributed by atoms with E-state index in [1.807, 2.05) is 6.92 Å². The lowest BCUT2D eigenvalue weighted by Gasteiger charge is -2.58. The number of aliphatic hydroxyl groups excluding tert-OH is 1. The predicted molar refractivity (Wildman–Crippen MR) is 134 cm³/mol. The standard InChI is InChI=1S/C30H44O4/c1-19(2)9-8-14-28(7)30(33)18-17-27(6)21-10-11-22-25(3,4)23(31)13-15-26(22,5)20(21)12-16-29(27,30)24(32)34-28/h9,11,23,31,33H,8,10,12-18H2,1-7H3/t23-,26+,27-,28?,29?,30-/m0/s1. The molecule has 1 spiro atoms. The van der Waals surface area contributed by atoms with Crippen LogP contribution in [-0.2, 0) is 9.53 Å². The lowest BCUT2D eigenvalue weighted by Crippen LogP contribution is -2.60. The van der Waals surface area contributed by atoms with E-state index in [9.17, 15) is 15.0 Å². The van der Waals surface area contributed by atoms with Crippen LogP contribution in [0.25, 0.3) is 0 Å². The fraction of sp³-hybridized carbons (Fsp3) is 0.767. The average molecular weight is 469 g/mol. The molecule has 1 heterocycles. The summed E-state index contributed by atoms with van der Waals surface area (Å²) >= 11 is 0. The van der Waals surface area contributed by atoms with E-state index in [4.69, 9.17) is 4.74 Å². The molecule has 3 fully saturated rings. The van der Waals surface area contributed by atoms with E-state index in [1.165, 1.54) is 22.3 Å². The van der Waals surface area contributed by atoms with Crippen LogP contribution in [0.2, 0.25) is 0 Å². The van der Waals surface area contributed by atoms with Crippen LogP contribution in [-0.4, -0.2) is 33.5 Å². The van der Waals surface area contributed by atoms with E-state index in [1.54, 1.807) is 0 Å². The van der Waals surface area contributed by atoms with E-state index in [0.717, 1.165) is 38.5 Å². The molecule has 2 unspecified atom stereocenters. The minimum absolute atomic E-state index is 0.0725. The summed E-state index contributed by atoms with van der Waals surface area (Å²) in [6.07, 6.45) is 11.1. The lowest BCUT2D eigenvalue weighted by atomic mass is 9.45. The molecular formula is C30H44O4. The fourth-order valence-electron chi connectivity index (χ4n) is 9.26. The third-order valence-corrected chi connectivity index (χ3v) is 11.3. The molecule has 5 aliphatic rings. The van der Waals surface area contributed by atoms with Gasteiger partial charge >= 0.3 is 5.97 Å². The largest absolute Gasteiger partial charge is 0.456 e. The Morgan fingerprint density at radius 3 is 2.47 bits per heavy atom. The number of hydrogen-bond acceptors (Lipinski definition) is 4. The van der Waals surface area contributed by atoms with Crippen molar-refractivity contribution in [2.45, 2.75) is 124 Å². The van der Waals surface area contributed by atoms with Crippen LogP contribution in [0, 0.1) is 21.7 Å². The number of fused-ring (bicyclic) bond motifs is 3. The monoisotopic (exact) mass is 468 g/mol. The molecule has 4 heteroatoms. The van der Waals surface area contributed by atoms with Crippen molar-refractivity contribution in [3.8, 4) is 0 Å². The highest BCUT2D eigenvalue weighted by molar-refractivity contribution is 5.86. The lowest BCUT2D eigenvalue weighted by molar-refractivity contribution is -0.158. The zero-order valence-electron chi connectivity index (χ0n) is 22.3. The highest BCUT2D eigenvalue weighted by Gasteiger charge is 2.82. The Kier molecular flexibility index (Phi) is 5.07. The zero-order chi connectivity index (χ0) is 24.9. The fourth-order valence-corrected chi connectivity index (χ4v) is 9.26. The number of esters is 1. The maximum absolute atomic E-state index is 13.8. The summed E-state index contributed by atoms with van der Waals surface area (Å²) in [5.41, 5.74) is 1.88. The maximum atomic E-state index is 13.8. The van der Waals surface area contributed by atoms with Gasteiger partial charge in [-0.15, -0.1) is 0 Å². The van der Waals surface area contributed by atoms with Crippen molar-refractivity contribution in [2.75, 3.05) is 0 Å². The summed E-state index contributed by atoms with van der Waals surface area (Å²) in [6, 6.07) is 0. The van der Waals surface area contributed by atoms with Crippen molar-refractivity contribution in [3.05, 3.63) is 34.4 Å². The molecule has 188 valence electrons. The SMILES string of the molecule is CC(C)=CCCC1(C)OC(=O)C23CCC4=C(CC=C5C(C)(C)[C@@H](O)CC[C@@]54C)[C@]2(C)CC[C@]13O. The molecule has 2 saturated carbocycles. The molecule has 0 aromatic carbocycles. The molecular weight excluding hydrogens is 424 g/mol. The molecule has 0 amide bonds. The topological polar surface area (TPSA) is 66.8 Å². The summed E-state index contributed by atoms with van der Waals surface area (Å²) in [5.74, 6) is -0.180. The Morgan fingerprint density at radius 1 is 1.09 bits per heavy atom. The van der Waals surface area contributed by atoms with Crippen molar-refractivity contribution in [2.24, 2.45) is 21.7 Å². The number of carbonyl (C=O) groups is 1. The average Bonchev–Trinajstić information content (AvgIpc) is 3.09. The molecule has 0 aromatic rings. The maximum Gasteiger partial charge on any atom is 0.316 e. The van der Waals surface area contributed by atoms with Gasteiger partial charge in [-0.05, 0) is 78.6 Å². The van der Waals surface area contributed by atoms with Gasteiger partial charge in [0.25, 0.3) is 0 Å². The van der Waals surface area contributed by atoms with Gasteiger partial charge in [-0.1, -0.05) is 62.1 Å². The summed E-state index contributed by atoms with van der Waals surface area (Å²) in [5, 5.41) is 23.2. The molecule has 4 aliphatic carbocycles. The minimum Gasteiger partial charge on any atom is -0.456 e. The number of cyclic esters (lactones) is 1. The smallest absolute Gasteiger partial charge is 0.316 e. The highest BCUT2D eigenvalue weighted by atomic mass is 16.6. The molecule has 6 atom stereocenters. The van der Waals surface area contributed by atoms with E-state index >= 15 is 0 Å². The van der Waals surface area contributed by atoms with Gasteiger partial charge in [0.05, 0.1) is 6.10 Å². The van der Waals surface area contributed by atoms with Crippen molar-refractivity contribution in [3.63, 3.8) is 0 Å². The molecule has 2 N–H and O–H groups in total. The third-order valence-electron chi connectivity index (χ3n) is 11.3.